The lowest BCUT2D eigenvalue weighted by molar-refractivity contribution is 0.264. The largest absolute Gasteiger partial charge is 0.396 e. The van der Waals surface area contributed by atoms with E-state index >= 15 is 0 Å². The van der Waals surface area contributed by atoms with Crippen molar-refractivity contribution in [2.75, 3.05) is 26.7 Å². The van der Waals surface area contributed by atoms with Crippen molar-refractivity contribution in [2.24, 2.45) is 0 Å². The Bertz CT molecular complexity index is 386. The van der Waals surface area contributed by atoms with Gasteiger partial charge in [-0.3, -0.25) is 0 Å². The first-order chi connectivity index (χ1) is 8.97. The summed E-state index contributed by atoms with van der Waals surface area (Å²) in [5, 5.41) is 8.80. The van der Waals surface area contributed by atoms with E-state index in [1.54, 1.807) is 0 Å². The molecule has 0 spiro atoms. The predicted molar refractivity (Wildman–Crippen MR) is 82.9 cm³/mol. The maximum atomic E-state index is 8.80. The molecule has 0 unspecified atom stereocenters. The standard InChI is InChI=1S/C17H29NO/c1-13-12-14(2)16(4)17(15(13)3)8-10-18(5)9-6-7-11-19/h12,19H,6-11H2,1-5H3. The molecule has 1 N–H and O–H groups in total. The van der Waals surface area contributed by atoms with Gasteiger partial charge in [0.1, 0.15) is 0 Å². The number of benzene rings is 1. The molecule has 2 nitrogen and oxygen atoms in total. The van der Waals surface area contributed by atoms with E-state index in [0.29, 0.717) is 6.61 Å². The number of aliphatic hydroxyl groups excluding tert-OH is 1. The maximum Gasteiger partial charge on any atom is 0.0431 e. The Hall–Kier alpha value is -0.860. The van der Waals surface area contributed by atoms with Gasteiger partial charge in [-0.2, -0.15) is 0 Å². The van der Waals surface area contributed by atoms with Crippen LogP contribution in [0.5, 0.6) is 0 Å². The quantitative estimate of drug-likeness (QED) is 0.764. The van der Waals surface area contributed by atoms with Gasteiger partial charge in [-0.25, -0.2) is 0 Å². The second-order valence-electron chi connectivity index (χ2n) is 5.72. The van der Waals surface area contributed by atoms with Crippen LogP contribution < -0.4 is 0 Å². The lowest BCUT2D eigenvalue weighted by Crippen LogP contribution is -2.23. The minimum absolute atomic E-state index is 0.309. The summed E-state index contributed by atoms with van der Waals surface area (Å²) < 4.78 is 0. The molecular weight excluding hydrogens is 234 g/mol. The van der Waals surface area contributed by atoms with Crippen LogP contribution in [0.25, 0.3) is 0 Å². The summed E-state index contributed by atoms with van der Waals surface area (Å²) in [4.78, 5) is 2.37. The van der Waals surface area contributed by atoms with E-state index in [0.717, 1.165) is 32.4 Å². The highest BCUT2D eigenvalue weighted by Crippen LogP contribution is 2.22. The third-order valence-electron chi connectivity index (χ3n) is 4.21. The molecular formula is C17H29NO. The van der Waals surface area contributed by atoms with Crippen molar-refractivity contribution in [3.63, 3.8) is 0 Å². The van der Waals surface area contributed by atoms with Gasteiger partial charge < -0.3 is 10.0 Å². The first-order valence-electron chi connectivity index (χ1n) is 7.33. The third-order valence-corrected chi connectivity index (χ3v) is 4.21. The van der Waals surface area contributed by atoms with Crippen LogP contribution in [0.1, 0.15) is 40.7 Å². The smallest absolute Gasteiger partial charge is 0.0431 e. The van der Waals surface area contributed by atoms with E-state index in [4.69, 9.17) is 5.11 Å². The molecule has 1 rings (SSSR count). The zero-order chi connectivity index (χ0) is 14.4. The first-order valence-corrected chi connectivity index (χ1v) is 7.33. The molecule has 1 aromatic rings. The van der Waals surface area contributed by atoms with Crippen LogP contribution in [0.4, 0.5) is 0 Å². The van der Waals surface area contributed by atoms with E-state index in [9.17, 15) is 0 Å². The molecule has 19 heavy (non-hydrogen) atoms. The number of hydrogen-bond donors (Lipinski definition) is 1. The second kappa shape index (κ2) is 7.66. The lowest BCUT2D eigenvalue weighted by Gasteiger charge is -2.20. The van der Waals surface area contributed by atoms with Crippen molar-refractivity contribution in [2.45, 2.75) is 47.0 Å². The summed E-state index contributed by atoms with van der Waals surface area (Å²) in [6.07, 6.45) is 3.11. The van der Waals surface area contributed by atoms with Crippen LogP contribution in [0, 0.1) is 27.7 Å². The zero-order valence-electron chi connectivity index (χ0n) is 13.2. The number of hydrogen-bond acceptors (Lipinski definition) is 2. The molecule has 0 saturated heterocycles. The highest BCUT2D eigenvalue weighted by molar-refractivity contribution is 5.44. The Morgan fingerprint density at radius 3 is 2.05 bits per heavy atom. The first kappa shape index (κ1) is 16.2. The Balaban J connectivity index is 2.62. The number of unbranched alkanes of at least 4 members (excludes halogenated alkanes) is 1. The van der Waals surface area contributed by atoms with E-state index in [2.05, 4.69) is 45.7 Å². The van der Waals surface area contributed by atoms with Gasteiger partial charge >= 0.3 is 0 Å². The van der Waals surface area contributed by atoms with Crippen molar-refractivity contribution in [3.05, 3.63) is 33.9 Å². The summed E-state index contributed by atoms with van der Waals surface area (Å²) in [6, 6.07) is 2.29. The van der Waals surface area contributed by atoms with Gasteiger partial charge in [-0.05, 0) is 88.4 Å². The molecule has 108 valence electrons. The van der Waals surface area contributed by atoms with E-state index in [1.165, 1.54) is 27.8 Å². The van der Waals surface area contributed by atoms with Crippen molar-refractivity contribution in [3.8, 4) is 0 Å². The summed E-state index contributed by atoms with van der Waals surface area (Å²) in [5.41, 5.74) is 7.23. The van der Waals surface area contributed by atoms with Crippen molar-refractivity contribution >= 4 is 0 Å². The van der Waals surface area contributed by atoms with Crippen LogP contribution >= 0.6 is 0 Å². The molecule has 0 aliphatic rings. The molecule has 0 bridgehead atoms. The van der Waals surface area contributed by atoms with Gasteiger partial charge in [0.25, 0.3) is 0 Å². The molecule has 0 aliphatic heterocycles. The number of rotatable bonds is 7. The highest BCUT2D eigenvalue weighted by Gasteiger charge is 2.09. The second-order valence-corrected chi connectivity index (χ2v) is 5.72. The van der Waals surface area contributed by atoms with E-state index < -0.39 is 0 Å². The Labute approximate surface area is 118 Å². The van der Waals surface area contributed by atoms with E-state index in [1.807, 2.05) is 0 Å². The van der Waals surface area contributed by atoms with Gasteiger partial charge in [-0.1, -0.05) is 6.07 Å². The van der Waals surface area contributed by atoms with Gasteiger partial charge in [0, 0.05) is 13.2 Å². The summed E-state index contributed by atoms with van der Waals surface area (Å²) in [5.74, 6) is 0. The molecule has 0 saturated carbocycles. The molecule has 0 fully saturated rings. The highest BCUT2D eigenvalue weighted by atomic mass is 16.2. The van der Waals surface area contributed by atoms with Gasteiger partial charge in [0.05, 0.1) is 0 Å². The van der Waals surface area contributed by atoms with Crippen LogP contribution in [-0.4, -0.2) is 36.8 Å². The van der Waals surface area contributed by atoms with Crippen molar-refractivity contribution < 1.29 is 5.11 Å². The molecule has 2 heteroatoms. The van der Waals surface area contributed by atoms with Gasteiger partial charge in [0.2, 0.25) is 0 Å². The molecule has 0 amide bonds. The average Bonchev–Trinajstić information content (AvgIpc) is 2.37. The fourth-order valence-corrected chi connectivity index (χ4v) is 2.58. The van der Waals surface area contributed by atoms with Crippen molar-refractivity contribution in [1.82, 2.24) is 4.90 Å². The Kier molecular flexibility index (Phi) is 6.53. The Morgan fingerprint density at radius 2 is 1.53 bits per heavy atom. The van der Waals surface area contributed by atoms with Crippen LogP contribution in [-0.2, 0) is 6.42 Å². The SMILES string of the molecule is Cc1cc(C)c(C)c(CCN(C)CCCCO)c1C. The van der Waals surface area contributed by atoms with Crippen molar-refractivity contribution in [1.29, 1.82) is 0 Å². The molecule has 0 aromatic heterocycles. The third kappa shape index (κ3) is 4.63. The average molecular weight is 263 g/mol. The minimum atomic E-state index is 0.309. The maximum absolute atomic E-state index is 8.80. The summed E-state index contributed by atoms with van der Waals surface area (Å²) in [6.45, 7) is 11.4. The fourth-order valence-electron chi connectivity index (χ4n) is 2.58. The number of likely N-dealkylation sites (N-methyl/N-ethyl adjacent to an activating group) is 1. The van der Waals surface area contributed by atoms with Gasteiger partial charge in [-0.15, -0.1) is 0 Å². The predicted octanol–water partition coefficient (Wildman–Crippen LogP) is 3.17. The monoisotopic (exact) mass is 263 g/mol. The van der Waals surface area contributed by atoms with E-state index in [-0.39, 0.29) is 0 Å². The molecule has 0 aliphatic carbocycles. The normalized spacial score (nSPS) is 11.3. The zero-order valence-corrected chi connectivity index (χ0v) is 13.2. The molecule has 0 radical (unpaired) electrons. The summed E-state index contributed by atoms with van der Waals surface area (Å²) in [7, 11) is 2.17. The fraction of sp³-hybridized carbons (Fsp3) is 0.647. The number of aliphatic hydroxyl groups is 1. The topological polar surface area (TPSA) is 23.5 Å². The van der Waals surface area contributed by atoms with Crippen LogP contribution in [0.3, 0.4) is 0 Å². The minimum Gasteiger partial charge on any atom is -0.396 e. The van der Waals surface area contributed by atoms with Crippen LogP contribution in [0.15, 0.2) is 6.07 Å². The van der Waals surface area contributed by atoms with Gasteiger partial charge in [0.15, 0.2) is 0 Å². The van der Waals surface area contributed by atoms with Crippen LogP contribution in [0.2, 0.25) is 0 Å². The molecule has 0 atom stereocenters. The number of nitrogens with zero attached hydrogens (tertiary/aromatic N) is 1. The lowest BCUT2D eigenvalue weighted by atomic mass is 9.92. The Morgan fingerprint density at radius 1 is 0.947 bits per heavy atom. The molecule has 0 heterocycles. The molecule has 1 aromatic carbocycles. The number of aryl methyl sites for hydroxylation is 2. The summed E-state index contributed by atoms with van der Waals surface area (Å²) >= 11 is 0.